The van der Waals surface area contributed by atoms with E-state index in [0.29, 0.717) is 16.7 Å². The number of esters is 1. The van der Waals surface area contributed by atoms with Gasteiger partial charge in [0.15, 0.2) is 5.69 Å². The molecule has 0 saturated carbocycles. The Morgan fingerprint density at radius 1 is 1.08 bits per heavy atom. The molecule has 1 heterocycles. The summed E-state index contributed by atoms with van der Waals surface area (Å²) in [5.41, 5.74) is -0.138. The Morgan fingerprint density at radius 3 is 2.43 bits per heavy atom. The van der Waals surface area contributed by atoms with Crippen LogP contribution in [0.2, 0.25) is 0 Å². The quantitative estimate of drug-likeness (QED) is 0.381. The molecule has 0 bridgehead atoms. The fraction of sp³-hybridized carbons (Fsp3) is 0.269. The summed E-state index contributed by atoms with van der Waals surface area (Å²) in [7, 11) is 1.45. The third-order valence-electron chi connectivity index (χ3n) is 5.48. The number of benzene rings is 2. The van der Waals surface area contributed by atoms with Crippen molar-refractivity contribution in [3.8, 4) is 5.75 Å². The molecule has 2 aromatic carbocycles. The van der Waals surface area contributed by atoms with Crippen molar-refractivity contribution >= 4 is 17.7 Å². The highest BCUT2D eigenvalue weighted by molar-refractivity contribution is 5.91. The maximum atomic E-state index is 13.1. The molecule has 3 N–H and O–H groups in total. The standard InChI is InChI=1S/C26H26F3N3O5/c1-3-37-22(34)15-20(30-25(36)31-23-21(33)10-11-32(2)24(23)35)18-8-4-6-16(13-18)12-17-7-5-9-19(14-17)26(27,28)29/h4-11,13-14,20,33H,3,12,15H2,1-2H3,(H2,30,31,36)/t20-/m0/s1. The zero-order valence-electron chi connectivity index (χ0n) is 20.1. The van der Waals surface area contributed by atoms with Gasteiger partial charge in [-0.15, -0.1) is 0 Å². The topological polar surface area (TPSA) is 110 Å². The molecular weight excluding hydrogens is 491 g/mol. The predicted octanol–water partition coefficient (Wildman–Crippen LogP) is 4.52. The first-order valence-corrected chi connectivity index (χ1v) is 11.3. The normalized spacial score (nSPS) is 12.0. The van der Waals surface area contributed by atoms with Crippen LogP contribution in [0.5, 0.6) is 5.75 Å². The number of pyridine rings is 1. The fourth-order valence-electron chi connectivity index (χ4n) is 3.70. The molecule has 196 valence electrons. The Balaban J connectivity index is 1.85. The van der Waals surface area contributed by atoms with Crippen molar-refractivity contribution in [1.82, 2.24) is 9.88 Å². The predicted molar refractivity (Wildman–Crippen MR) is 130 cm³/mol. The van der Waals surface area contributed by atoms with Crippen molar-refractivity contribution in [1.29, 1.82) is 0 Å². The minimum absolute atomic E-state index is 0.126. The number of hydrogen-bond donors (Lipinski definition) is 3. The van der Waals surface area contributed by atoms with Crippen LogP contribution in [0, 0.1) is 0 Å². The summed E-state index contributed by atoms with van der Waals surface area (Å²) >= 11 is 0. The van der Waals surface area contributed by atoms with Gasteiger partial charge in [0.1, 0.15) is 5.75 Å². The number of carbonyl (C=O) groups is 2. The lowest BCUT2D eigenvalue weighted by molar-refractivity contribution is -0.143. The summed E-state index contributed by atoms with van der Waals surface area (Å²) in [6, 6.07) is 11.2. The molecule has 0 saturated heterocycles. The number of ether oxygens (including phenoxy) is 1. The summed E-state index contributed by atoms with van der Waals surface area (Å²) in [4.78, 5) is 37.2. The number of nitrogens with zero attached hydrogens (tertiary/aromatic N) is 1. The van der Waals surface area contributed by atoms with Crippen molar-refractivity contribution in [2.45, 2.75) is 32.0 Å². The average Bonchev–Trinajstić information content (AvgIpc) is 2.84. The molecule has 1 atom stereocenters. The van der Waals surface area contributed by atoms with E-state index in [4.69, 9.17) is 4.74 Å². The van der Waals surface area contributed by atoms with Crippen LogP contribution >= 0.6 is 0 Å². The third-order valence-corrected chi connectivity index (χ3v) is 5.48. The van der Waals surface area contributed by atoms with Crippen LogP contribution in [0.1, 0.15) is 41.6 Å². The van der Waals surface area contributed by atoms with Crippen LogP contribution in [0.25, 0.3) is 0 Å². The van der Waals surface area contributed by atoms with Crippen molar-refractivity contribution in [3.05, 3.63) is 93.4 Å². The van der Waals surface area contributed by atoms with Crippen molar-refractivity contribution < 1.29 is 32.6 Å². The lowest BCUT2D eigenvalue weighted by Crippen LogP contribution is -2.36. The van der Waals surface area contributed by atoms with Crippen LogP contribution in [0.15, 0.2) is 65.6 Å². The summed E-state index contributed by atoms with van der Waals surface area (Å²) in [5.74, 6) is -1.02. The Bertz CT molecular complexity index is 1340. The zero-order chi connectivity index (χ0) is 27.2. The number of nitrogens with one attached hydrogen (secondary N) is 2. The van der Waals surface area contributed by atoms with Crippen LogP contribution in [-0.4, -0.2) is 28.3 Å². The smallest absolute Gasteiger partial charge is 0.416 e. The largest absolute Gasteiger partial charge is 0.505 e. The molecule has 3 aromatic rings. The summed E-state index contributed by atoms with van der Waals surface area (Å²) in [5, 5.41) is 14.9. The van der Waals surface area contributed by atoms with Crippen LogP contribution in [0.4, 0.5) is 23.7 Å². The van der Waals surface area contributed by atoms with Gasteiger partial charge in [0.25, 0.3) is 5.56 Å². The van der Waals surface area contributed by atoms with Crippen molar-refractivity contribution in [3.63, 3.8) is 0 Å². The number of aryl methyl sites for hydroxylation is 1. The van der Waals surface area contributed by atoms with E-state index in [1.54, 1.807) is 37.3 Å². The van der Waals surface area contributed by atoms with Crippen LogP contribution < -0.4 is 16.2 Å². The number of amides is 2. The highest BCUT2D eigenvalue weighted by Gasteiger charge is 2.30. The SMILES string of the molecule is CCOC(=O)C[C@H](NC(=O)Nc1c(O)ccn(C)c1=O)c1cccc(Cc2cccc(C(F)(F)F)c2)c1. The maximum absolute atomic E-state index is 13.1. The molecule has 2 amide bonds. The van der Waals surface area contributed by atoms with Gasteiger partial charge in [-0.1, -0.05) is 42.5 Å². The van der Waals surface area contributed by atoms with Crippen molar-refractivity contribution in [2.24, 2.45) is 7.05 Å². The Kier molecular flexibility index (Phi) is 8.59. The molecule has 1 aromatic heterocycles. The van der Waals surface area contributed by atoms with E-state index in [2.05, 4.69) is 10.6 Å². The minimum Gasteiger partial charge on any atom is -0.505 e. The van der Waals surface area contributed by atoms with Gasteiger partial charge in [-0.25, -0.2) is 4.79 Å². The number of rotatable bonds is 8. The lowest BCUT2D eigenvalue weighted by Gasteiger charge is -2.20. The van der Waals surface area contributed by atoms with Gasteiger partial charge in [0.2, 0.25) is 0 Å². The number of anilines is 1. The zero-order valence-corrected chi connectivity index (χ0v) is 20.1. The third kappa shape index (κ3) is 7.35. The highest BCUT2D eigenvalue weighted by Crippen LogP contribution is 2.30. The Hall–Kier alpha value is -4.28. The summed E-state index contributed by atoms with van der Waals surface area (Å²) in [6.45, 7) is 1.76. The van der Waals surface area contributed by atoms with E-state index in [1.165, 1.54) is 29.9 Å². The Labute approximate surface area is 210 Å². The molecule has 3 rings (SSSR count). The second kappa shape index (κ2) is 11.6. The average molecular weight is 518 g/mol. The molecule has 0 unspecified atom stereocenters. The van der Waals surface area contributed by atoms with E-state index in [-0.39, 0.29) is 25.1 Å². The summed E-state index contributed by atoms with van der Waals surface area (Å²) in [6.07, 6.45) is -3.19. The fourth-order valence-corrected chi connectivity index (χ4v) is 3.70. The number of alkyl halides is 3. The van der Waals surface area contributed by atoms with Gasteiger partial charge in [-0.05, 0) is 42.2 Å². The second-order valence-electron chi connectivity index (χ2n) is 8.27. The summed E-state index contributed by atoms with van der Waals surface area (Å²) < 4.78 is 45.4. The molecule has 37 heavy (non-hydrogen) atoms. The van der Waals surface area contributed by atoms with E-state index in [0.717, 1.165) is 12.1 Å². The van der Waals surface area contributed by atoms with E-state index in [9.17, 15) is 32.7 Å². The van der Waals surface area contributed by atoms with Gasteiger partial charge in [-0.3, -0.25) is 9.59 Å². The number of hydrogen-bond acceptors (Lipinski definition) is 5. The first kappa shape index (κ1) is 27.3. The number of halogens is 3. The lowest BCUT2D eigenvalue weighted by atomic mass is 9.97. The Morgan fingerprint density at radius 2 is 1.76 bits per heavy atom. The van der Waals surface area contributed by atoms with Crippen LogP contribution in [0.3, 0.4) is 0 Å². The van der Waals surface area contributed by atoms with Crippen molar-refractivity contribution in [2.75, 3.05) is 11.9 Å². The first-order chi connectivity index (χ1) is 17.5. The first-order valence-electron chi connectivity index (χ1n) is 11.3. The number of aromatic hydroxyl groups is 1. The van der Waals surface area contributed by atoms with E-state index in [1.807, 2.05) is 0 Å². The van der Waals surface area contributed by atoms with Gasteiger partial charge in [-0.2, -0.15) is 13.2 Å². The van der Waals surface area contributed by atoms with Gasteiger partial charge in [0, 0.05) is 13.2 Å². The highest BCUT2D eigenvalue weighted by atomic mass is 19.4. The molecule has 0 fully saturated rings. The number of carbonyl (C=O) groups excluding carboxylic acids is 2. The molecule has 0 spiro atoms. The molecule has 11 heteroatoms. The number of urea groups is 1. The molecule has 0 radical (unpaired) electrons. The number of aromatic nitrogens is 1. The minimum atomic E-state index is -4.46. The van der Waals surface area contributed by atoms with Gasteiger partial charge in [0.05, 0.1) is 24.6 Å². The molecular formula is C26H26F3N3O5. The monoisotopic (exact) mass is 517 g/mol. The molecule has 8 nitrogen and oxygen atoms in total. The van der Waals surface area contributed by atoms with E-state index < -0.39 is 41.1 Å². The molecule has 0 aliphatic heterocycles. The molecule has 0 aliphatic rings. The maximum Gasteiger partial charge on any atom is 0.416 e. The second-order valence-corrected chi connectivity index (χ2v) is 8.27. The van der Waals surface area contributed by atoms with Crippen LogP contribution in [-0.2, 0) is 29.2 Å². The van der Waals surface area contributed by atoms with E-state index >= 15 is 0 Å². The van der Waals surface area contributed by atoms with Gasteiger partial charge < -0.3 is 25.0 Å². The molecule has 0 aliphatic carbocycles. The van der Waals surface area contributed by atoms with Gasteiger partial charge >= 0.3 is 18.2 Å².